The maximum atomic E-state index is 13.7. The number of rotatable bonds is 4. The maximum absolute atomic E-state index is 13.7. The fourth-order valence-electron chi connectivity index (χ4n) is 5.41. The molecule has 154 valence electrons. The number of hydrogen-bond acceptors (Lipinski definition) is 4. The Bertz CT molecular complexity index is 1040. The van der Waals surface area contributed by atoms with E-state index in [-0.39, 0.29) is 36.2 Å². The second kappa shape index (κ2) is 6.77. The van der Waals surface area contributed by atoms with Crippen LogP contribution in [0.25, 0.3) is 0 Å². The van der Waals surface area contributed by atoms with Crippen molar-refractivity contribution in [3.05, 3.63) is 65.7 Å². The molecule has 3 amide bonds. The molecule has 2 N–H and O–H groups in total. The zero-order valence-electron chi connectivity index (χ0n) is 17.1. The number of likely N-dealkylation sites (tertiary alicyclic amines) is 1. The third-order valence-corrected chi connectivity index (χ3v) is 7.09. The van der Waals surface area contributed by atoms with Crippen LogP contribution in [0.5, 0.6) is 0 Å². The van der Waals surface area contributed by atoms with Crippen molar-refractivity contribution < 1.29 is 14.4 Å². The predicted octanol–water partition coefficient (Wildman–Crippen LogP) is 2.65. The van der Waals surface area contributed by atoms with Crippen molar-refractivity contribution in [2.24, 2.45) is 17.8 Å². The molecular weight excluding hydrogens is 378 g/mol. The number of nitrogens with one attached hydrogen (secondary N) is 2. The Hall–Kier alpha value is -2.99. The van der Waals surface area contributed by atoms with Crippen LogP contribution in [0.2, 0.25) is 0 Å². The number of anilines is 1. The van der Waals surface area contributed by atoms with Crippen molar-refractivity contribution in [3.63, 3.8) is 0 Å². The van der Waals surface area contributed by atoms with Crippen LogP contribution < -0.4 is 10.6 Å². The first-order chi connectivity index (χ1) is 14.5. The van der Waals surface area contributed by atoms with Gasteiger partial charge in [-0.25, -0.2) is 0 Å². The average molecular weight is 403 g/mol. The van der Waals surface area contributed by atoms with E-state index in [0.717, 1.165) is 17.5 Å². The third kappa shape index (κ3) is 2.43. The Morgan fingerprint density at radius 2 is 1.70 bits per heavy atom. The summed E-state index contributed by atoms with van der Waals surface area (Å²) in [5.74, 6) is -1.83. The number of benzene rings is 2. The summed E-state index contributed by atoms with van der Waals surface area (Å²) in [5, 5.41) is 6.43. The zero-order chi connectivity index (χ0) is 21.0. The summed E-state index contributed by atoms with van der Waals surface area (Å²) in [6, 6.07) is 16.7. The molecule has 0 aliphatic carbocycles. The summed E-state index contributed by atoms with van der Waals surface area (Å²) in [4.78, 5) is 41.9. The molecule has 6 heteroatoms. The summed E-state index contributed by atoms with van der Waals surface area (Å²) in [5.41, 5.74) is 1.17. The zero-order valence-corrected chi connectivity index (χ0v) is 17.1. The number of hydrogen-bond donors (Lipinski definition) is 2. The van der Waals surface area contributed by atoms with Gasteiger partial charge in [0.1, 0.15) is 5.54 Å². The lowest BCUT2D eigenvalue weighted by Gasteiger charge is -2.30. The number of nitrogens with zero attached hydrogens (tertiary/aromatic N) is 1. The van der Waals surface area contributed by atoms with Gasteiger partial charge in [-0.15, -0.1) is 0 Å². The van der Waals surface area contributed by atoms with Crippen molar-refractivity contribution in [2.45, 2.75) is 38.4 Å². The van der Waals surface area contributed by atoms with Crippen LogP contribution >= 0.6 is 0 Å². The molecule has 5 rings (SSSR count). The third-order valence-electron chi connectivity index (χ3n) is 7.09. The molecule has 2 fully saturated rings. The Labute approximate surface area is 175 Å². The summed E-state index contributed by atoms with van der Waals surface area (Å²) < 4.78 is 0. The van der Waals surface area contributed by atoms with E-state index in [2.05, 4.69) is 24.5 Å². The molecule has 3 heterocycles. The van der Waals surface area contributed by atoms with E-state index < -0.39 is 17.4 Å². The topological polar surface area (TPSA) is 78.5 Å². The smallest absolute Gasteiger partial charge is 0.250 e. The van der Waals surface area contributed by atoms with Crippen molar-refractivity contribution in [1.29, 1.82) is 0 Å². The highest BCUT2D eigenvalue weighted by Crippen LogP contribution is 2.54. The Morgan fingerprint density at radius 1 is 1.00 bits per heavy atom. The normalized spacial score (nSPS) is 30.5. The number of carbonyl (C=O) groups is 3. The molecule has 3 aliphatic heterocycles. The van der Waals surface area contributed by atoms with Gasteiger partial charge in [-0.2, -0.15) is 0 Å². The fourth-order valence-corrected chi connectivity index (χ4v) is 5.41. The number of amides is 3. The fraction of sp³-hybridized carbons (Fsp3) is 0.375. The van der Waals surface area contributed by atoms with Crippen LogP contribution in [0.3, 0.4) is 0 Å². The summed E-state index contributed by atoms with van der Waals surface area (Å²) >= 11 is 0. The first-order valence-corrected chi connectivity index (χ1v) is 10.6. The quantitative estimate of drug-likeness (QED) is 0.770. The molecule has 30 heavy (non-hydrogen) atoms. The van der Waals surface area contributed by atoms with Crippen LogP contribution in [0, 0.1) is 17.8 Å². The van der Waals surface area contributed by atoms with E-state index in [4.69, 9.17) is 0 Å². The molecule has 0 aromatic heterocycles. The predicted molar refractivity (Wildman–Crippen MR) is 112 cm³/mol. The highest BCUT2D eigenvalue weighted by molar-refractivity contribution is 6.15. The van der Waals surface area contributed by atoms with E-state index in [1.54, 1.807) is 0 Å². The molecule has 6 nitrogen and oxygen atoms in total. The van der Waals surface area contributed by atoms with Gasteiger partial charge in [0, 0.05) is 17.3 Å². The monoisotopic (exact) mass is 403 g/mol. The van der Waals surface area contributed by atoms with E-state index in [9.17, 15) is 14.4 Å². The first kappa shape index (κ1) is 19.0. The summed E-state index contributed by atoms with van der Waals surface area (Å²) in [6.07, 6.45) is 0.848. The molecule has 2 aromatic carbocycles. The van der Waals surface area contributed by atoms with Crippen molar-refractivity contribution in [3.8, 4) is 0 Å². The van der Waals surface area contributed by atoms with Gasteiger partial charge in [0.2, 0.25) is 17.7 Å². The second-order valence-corrected chi connectivity index (χ2v) is 8.62. The average Bonchev–Trinajstić information content (AvgIpc) is 3.35. The van der Waals surface area contributed by atoms with Gasteiger partial charge in [-0.3, -0.25) is 24.6 Å². The number of para-hydroxylation sites is 1. The molecule has 0 radical (unpaired) electrons. The van der Waals surface area contributed by atoms with Crippen molar-refractivity contribution in [2.75, 3.05) is 5.32 Å². The molecule has 2 aromatic rings. The molecule has 1 spiro atoms. The first-order valence-electron chi connectivity index (χ1n) is 10.6. The molecule has 5 atom stereocenters. The lowest BCUT2D eigenvalue weighted by molar-refractivity contribution is -0.143. The molecule has 2 saturated heterocycles. The minimum absolute atomic E-state index is 0.144. The van der Waals surface area contributed by atoms with Gasteiger partial charge in [0.15, 0.2) is 0 Å². The molecule has 0 bridgehead atoms. The number of fused-ring (bicyclic) bond motifs is 4. The van der Waals surface area contributed by atoms with E-state index in [1.165, 1.54) is 4.90 Å². The van der Waals surface area contributed by atoms with E-state index in [0.29, 0.717) is 5.69 Å². The highest BCUT2D eigenvalue weighted by Gasteiger charge is 2.70. The van der Waals surface area contributed by atoms with Gasteiger partial charge in [0.05, 0.1) is 18.4 Å². The van der Waals surface area contributed by atoms with Gasteiger partial charge in [-0.05, 0) is 17.5 Å². The standard InChI is InChI=1S/C24H25N3O3/c1-3-14(2)20-18-19(22(29)27(21(18)28)13-15-9-5-4-6-10-15)24(26-20)16-11-7-8-12-17(16)25-23(24)30/h4-12,14,18-20,26H,3,13H2,1-2H3,(H,25,30)/t14-,18-,19+,20-,24+/m1/s1. The van der Waals surface area contributed by atoms with Crippen molar-refractivity contribution in [1.82, 2.24) is 10.2 Å². The minimum atomic E-state index is -1.20. The maximum Gasteiger partial charge on any atom is 0.250 e. The minimum Gasteiger partial charge on any atom is -0.324 e. The van der Waals surface area contributed by atoms with Crippen LogP contribution in [0.4, 0.5) is 5.69 Å². The Kier molecular flexibility index (Phi) is 4.29. The van der Waals surface area contributed by atoms with Crippen LogP contribution in [0.1, 0.15) is 31.4 Å². The van der Waals surface area contributed by atoms with E-state index >= 15 is 0 Å². The highest BCUT2D eigenvalue weighted by atomic mass is 16.2. The summed E-state index contributed by atoms with van der Waals surface area (Å²) in [7, 11) is 0. The van der Waals surface area contributed by atoms with Crippen molar-refractivity contribution >= 4 is 23.4 Å². The Balaban J connectivity index is 1.62. The SMILES string of the molecule is CC[C@@H](C)[C@H]1N[C@]2(C(=O)Nc3ccccc32)[C@@H]2C(=O)N(Cc3ccccc3)C(=O)[C@@H]12. The number of imide groups is 1. The Morgan fingerprint density at radius 3 is 2.43 bits per heavy atom. The molecule has 3 aliphatic rings. The van der Waals surface area contributed by atoms with Crippen LogP contribution in [-0.4, -0.2) is 28.7 Å². The van der Waals surface area contributed by atoms with Gasteiger partial charge < -0.3 is 5.32 Å². The number of carbonyl (C=O) groups excluding carboxylic acids is 3. The molecule has 0 saturated carbocycles. The van der Waals surface area contributed by atoms with Crippen LogP contribution in [-0.2, 0) is 26.5 Å². The largest absolute Gasteiger partial charge is 0.324 e. The lowest BCUT2D eigenvalue weighted by atomic mass is 9.75. The lowest BCUT2D eigenvalue weighted by Crippen LogP contribution is -2.54. The van der Waals surface area contributed by atoms with Crippen LogP contribution in [0.15, 0.2) is 54.6 Å². The molecular formula is C24H25N3O3. The van der Waals surface area contributed by atoms with Gasteiger partial charge >= 0.3 is 0 Å². The van der Waals surface area contributed by atoms with E-state index in [1.807, 2.05) is 54.6 Å². The second-order valence-electron chi connectivity index (χ2n) is 8.62. The molecule has 0 unspecified atom stereocenters. The summed E-state index contributed by atoms with van der Waals surface area (Å²) in [6.45, 7) is 4.38. The van der Waals surface area contributed by atoms with Gasteiger partial charge in [0.25, 0.3) is 0 Å². The van der Waals surface area contributed by atoms with Gasteiger partial charge in [-0.1, -0.05) is 68.8 Å².